The molecule has 0 amide bonds. The number of nitrogens with zero attached hydrogens (tertiary/aromatic N) is 2. The van der Waals surface area contributed by atoms with E-state index in [4.69, 9.17) is 23.2 Å². The SMILES string of the molecule is CNCc1nn(-c2ccc(Cl)c(Cl)c2)c(=O)cc1O. The zero-order valence-electron chi connectivity index (χ0n) is 10.0. The number of aromatic nitrogens is 2. The van der Waals surface area contributed by atoms with Gasteiger partial charge in [0.15, 0.2) is 0 Å². The van der Waals surface area contributed by atoms with Gasteiger partial charge >= 0.3 is 0 Å². The standard InChI is InChI=1S/C12H11Cl2N3O2/c1-15-6-10-11(18)5-12(19)17(16-10)7-2-3-8(13)9(14)4-7/h2-5,15,18H,6H2,1H3. The van der Waals surface area contributed by atoms with Crippen LogP contribution in [0, 0.1) is 0 Å². The highest BCUT2D eigenvalue weighted by molar-refractivity contribution is 6.42. The summed E-state index contributed by atoms with van der Waals surface area (Å²) in [5.74, 6) is -0.143. The van der Waals surface area contributed by atoms with Gasteiger partial charge in [-0.2, -0.15) is 9.78 Å². The normalized spacial score (nSPS) is 10.7. The predicted molar refractivity (Wildman–Crippen MR) is 74.3 cm³/mol. The van der Waals surface area contributed by atoms with Crippen molar-refractivity contribution < 1.29 is 5.11 Å². The van der Waals surface area contributed by atoms with E-state index in [-0.39, 0.29) is 5.75 Å². The molecule has 0 atom stereocenters. The zero-order valence-corrected chi connectivity index (χ0v) is 11.5. The smallest absolute Gasteiger partial charge is 0.275 e. The van der Waals surface area contributed by atoms with Gasteiger partial charge in [-0.3, -0.25) is 4.79 Å². The van der Waals surface area contributed by atoms with Crippen molar-refractivity contribution in [2.24, 2.45) is 0 Å². The minimum absolute atomic E-state index is 0.143. The van der Waals surface area contributed by atoms with E-state index in [2.05, 4.69) is 10.4 Å². The molecule has 0 fully saturated rings. The molecule has 0 saturated carbocycles. The van der Waals surface area contributed by atoms with Gasteiger partial charge in [-0.15, -0.1) is 0 Å². The summed E-state index contributed by atoms with van der Waals surface area (Å²) >= 11 is 11.7. The maximum atomic E-state index is 11.8. The van der Waals surface area contributed by atoms with Crippen molar-refractivity contribution >= 4 is 23.2 Å². The summed E-state index contributed by atoms with van der Waals surface area (Å²) < 4.78 is 1.16. The van der Waals surface area contributed by atoms with Gasteiger partial charge in [0.2, 0.25) is 0 Å². The Morgan fingerprint density at radius 1 is 1.32 bits per heavy atom. The van der Waals surface area contributed by atoms with Crippen LogP contribution in [0.5, 0.6) is 5.75 Å². The van der Waals surface area contributed by atoms with E-state index in [9.17, 15) is 9.90 Å². The zero-order chi connectivity index (χ0) is 14.0. The summed E-state index contributed by atoms with van der Waals surface area (Å²) in [5, 5.41) is 17.3. The lowest BCUT2D eigenvalue weighted by atomic mass is 10.3. The Morgan fingerprint density at radius 3 is 2.68 bits per heavy atom. The topological polar surface area (TPSA) is 67.2 Å². The van der Waals surface area contributed by atoms with Crippen LogP contribution in [0.4, 0.5) is 0 Å². The second-order valence-corrected chi connectivity index (χ2v) is 4.67. The van der Waals surface area contributed by atoms with Crippen molar-refractivity contribution in [1.82, 2.24) is 15.1 Å². The Balaban J connectivity index is 2.57. The number of rotatable bonds is 3. The first-order valence-corrected chi connectivity index (χ1v) is 6.20. The molecule has 0 aliphatic heterocycles. The van der Waals surface area contributed by atoms with Crippen molar-refractivity contribution in [1.29, 1.82) is 0 Å². The molecule has 2 rings (SSSR count). The van der Waals surface area contributed by atoms with Crippen LogP contribution < -0.4 is 10.9 Å². The maximum Gasteiger partial charge on any atom is 0.275 e. The van der Waals surface area contributed by atoms with Crippen molar-refractivity contribution in [2.75, 3.05) is 7.05 Å². The summed E-state index contributed by atoms with van der Waals surface area (Å²) in [5.41, 5.74) is 0.403. The second-order valence-electron chi connectivity index (χ2n) is 3.86. The Hall–Kier alpha value is -1.56. The fourth-order valence-corrected chi connectivity index (χ4v) is 1.87. The summed E-state index contributed by atoms with van der Waals surface area (Å²) in [6.07, 6.45) is 0. The van der Waals surface area contributed by atoms with Crippen LogP contribution in [0.15, 0.2) is 29.1 Å². The second kappa shape index (κ2) is 5.61. The minimum Gasteiger partial charge on any atom is -0.506 e. The van der Waals surface area contributed by atoms with Gasteiger partial charge in [-0.1, -0.05) is 23.2 Å². The lowest BCUT2D eigenvalue weighted by molar-refractivity contribution is 0.454. The van der Waals surface area contributed by atoms with Crippen LogP contribution in [0.1, 0.15) is 5.69 Å². The third-order valence-electron chi connectivity index (χ3n) is 2.48. The highest BCUT2D eigenvalue weighted by atomic mass is 35.5. The van der Waals surface area contributed by atoms with E-state index in [0.717, 1.165) is 10.7 Å². The van der Waals surface area contributed by atoms with E-state index in [1.807, 2.05) is 0 Å². The van der Waals surface area contributed by atoms with Crippen molar-refractivity contribution in [3.8, 4) is 11.4 Å². The molecule has 2 aromatic rings. The average Bonchev–Trinajstić information content (AvgIpc) is 2.36. The van der Waals surface area contributed by atoms with Gasteiger partial charge in [-0.25, -0.2) is 0 Å². The van der Waals surface area contributed by atoms with Gasteiger partial charge in [0.25, 0.3) is 5.56 Å². The molecule has 100 valence electrons. The largest absolute Gasteiger partial charge is 0.506 e. The number of nitrogens with one attached hydrogen (secondary N) is 1. The summed E-state index contributed by atoms with van der Waals surface area (Å²) in [4.78, 5) is 11.8. The number of benzene rings is 1. The lowest BCUT2D eigenvalue weighted by Gasteiger charge is -2.09. The summed E-state index contributed by atoms with van der Waals surface area (Å²) in [6.45, 7) is 0.341. The molecule has 1 aromatic carbocycles. The summed E-state index contributed by atoms with van der Waals surface area (Å²) in [6, 6.07) is 5.86. The molecule has 0 aliphatic rings. The van der Waals surface area contributed by atoms with E-state index >= 15 is 0 Å². The molecule has 5 nitrogen and oxygen atoms in total. The Morgan fingerprint density at radius 2 is 2.05 bits per heavy atom. The molecule has 1 heterocycles. The van der Waals surface area contributed by atoms with E-state index in [0.29, 0.717) is 28.0 Å². The first kappa shape index (κ1) is 13.9. The fourth-order valence-electron chi connectivity index (χ4n) is 1.58. The molecule has 1 aromatic heterocycles. The van der Waals surface area contributed by atoms with Crippen molar-refractivity contribution in [3.05, 3.63) is 50.4 Å². The summed E-state index contributed by atoms with van der Waals surface area (Å²) in [7, 11) is 1.72. The lowest BCUT2D eigenvalue weighted by Crippen LogP contribution is -2.23. The van der Waals surface area contributed by atoms with Gasteiger partial charge in [0, 0.05) is 12.6 Å². The first-order valence-electron chi connectivity index (χ1n) is 5.45. The Kier molecular flexibility index (Phi) is 4.09. The number of hydrogen-bond donors (Lipinski definition) is 2. The van der Waals surface area contributed by atoms with Gasteiger partial charge in [0.1, 0.15) is 11.4 Å². The van der Waals surface area contributed by atoms with Gasteiger partial charge < -0.3 is 10.4 Å². The Bertz CT molecular complexity index is 671. The predicted octanol–water partition coefficient (Wildman–Crippen LogP) is 1.96. The van der Waals surface area contributed by atoms with Crippen molar-refractivity contribution in [3.63, 3.8) is 0 Å². The highest BCUT2D eigenvalue weighted by Gasteiger charge is 2.10. The number of hydrogen-bond acceptors (Lipinski definition) is 4. The van der Waals surface area contributed by atoms with E-state index < -0.39 is 5.56 Å². The van der Waals surface area contributed by atoms with Crippen molar-refractivity contribution in [2.45, 2.75) is 6.54 Å². The van der Waals surface area contributed by atoms with Gasteiger partial charge in [0.05, 0.1) is 15.7 Å². The van der Waals surface area contributed by atoms with Crippen LogP contribution in [-0.2, 0) is 6.54 Å². The quantitative estimate of drug-likeness (QED) is 0.909. The fraction of sp³-hybridized carbons (Fsp3) is 0.167. The van der Waals surface area contributed by atoms with Crippen LogP contribution >= 0.6 is 23.2 Å². The molecule has 0 bridgehead atoms. The molecule has 7 heteroatoms. The molecule has 0 aliphatic carbocycles. The molecule has 0 spiro atoms. The minimum atomic E-state index is -0.448. The third-order valence-corrected chi connectivity index (χ3v) is 3.22. The van der Waals surface area contributed by atoms with Crippen LogP contribution in [0.2, 0.25) is 10.0 Å². The first-order chi connectivity index (χ1) is 9.02. The number of halogens is 2. The highest BCUT2D eigenvalue weighted by Crippen LogP contribution is 2.24. The molecule has 19 heavy (non-hydrogen) atoms. The molecule has 0 radical (unpaired) electrons. The molecule has 0 saturated heterocycles. The van der Waals surface area contributed by atoms with E-state index in [1.165, 1.54) is 0 Å². The van der Waals surface area contributed by atoms with Gasteiger partial charge in [-0.05, 0) is 25.2 Å². The van der Waals surface area contributed by atoms with Crippen LogP contribution in [0.3, 0.4) is 0 Å². The van der Waals surface area contributed by atoms with E-state index in [1.54, 1.807) is 25.2 Å². The molecular formula is C12H11Cl2N3O2. The Labute approximate surface area is 119 Å². The molecular weight excluding hydrogens is 289 g/mol. The maximum absolute atomic E-state index is 11.8. The van der Waals surface area contributed by atoms with Crippen LogP contribution in [0.25, 0.3) is 5.69 Å². The average molecular weight is 300 g/mol. The van der Waals surface area contributed by atoms with Crippen LogP contribution in [-0.4, -0.2) is 21.9 Å². The number of aromatic hydroxyl groups is 1. The third kappa shape index (κ3) is 2.89. The molecule has 0 unspecified atom stereocenters. The molecule has 2 N–H and O–H groups in total. The monoisotopic (exact) mass is 299 g/mol.